The largest absolute Gasteiger partial charge is 0.417 e. The molecule has 2 fully saturated rings. The number of carbonyl (C=O) groups excluding carboxylic acids is 2. The molecule has 2 amide bonds. The Morgan fingerprint density at radius 3 is 2.58 bits per heavy atom. The van der Waals surface area contributed by atoms with Gasteiger partial charge in [-0.1, -0.05) is 23.8 Å². The minimum absolute atomic E-state index is 0.126. The average Bonchev–Trinajstić information content (AvgIpc) is 3.08. The summed E-state index contributed by atoms with van der Waals surface area (Å²) in [5.74, 6) is -2.50. The molecule has 4 rings (SSSR count). The maximum atomic E-state index is 13.0. The second-order valence-electron chi connectivity index (χ2n) is 6.30. The molecule has 0 spiro atoms. The highest BCUT2D eigenvalue weighted by molar-refractivity contribution is 6.31. The van der Waals surface area contributed by atoms with E-state index in [1.54, 1.807) is 19.1 Å². The van der Waals surface area contributed by atoms with Crippen LogP contribution in [0.5, 0.6) is 0 Å². The first kappa shape index (κ1) is 15.7. The van der Waals surface area contributed by atoms with Crippen LogP contribution in [0, 0.1) is 11.8 Å². The smallest absolute Gasteiger partial charge is 0.362 e. The lowest BCUT2D eigenvalue weighted by molar-refractivity contribution is -0.137. The van der Waals surface area contributed by atoms with Gasteiger partial charge in [0, 0.05) is 0 Å². The summed E-state index contributed by atoms with van der Waals surface area (Å²) in [7, 11) is 0. The number of hydrogen-bond acceptors (Lipinski definition) is 3. The Labute approximate surface area is 139 Å². The molecule has 3 aliphatic rings. The molecule has 0 saturated carbocycles. The van der Waals surface area contributed by atoms with E-state index < -0.39 is 52.1 Å². The molecule has 2 saturated heterocycles. The van der Waals surface area contributed by atoms with Crippen molar-refractivity contribution >= 4 is 29.1 Å². The number of alkyl halides is 3. The lowest BCUT2D eigenvalue weighted by Crippen LogP contribution is -2.38. The predicted molar refractivity (Wildman–Crippen MR) is 78.3 cm³/mol. The van der Waals surface area contributed by atoms with Gasteiger partial charge in [0.15, 0.2) is 0 Å². The van der Waals surface area contributed by atoms with E-state index in [0.717, 1.165) is 17.0 Å². The van der Waals surface area contributed by atoms with Gasteiger partial charge in [-0.3, -0.25) is 9.59 Å². The number of hydrogen-bond donors (Lipinski definition) is 0. The molecule has 2 bridgehead atoms. The van der Waals surface area contributed by atoms with Crippen LogP contribution in [0.2, 0.25) is 5.02 Å². The first-order chi connectivity index (χ1) is 11.1. The number of ether oxygens (including phenoxy) is 1. The van der Waals surface area contributed by atoms with Crippen LogP contribution >= 0.6 is 11.6 Å². The van der Waals surface area contributed by atoms with Crippen molar-refractivity contribution in [1.29, 1.82) is 0 Å². The molecule has 1 aromatic carbocycles. The van der Waals surface area contributed by atoms with Crippen molar-refractivity contribution in [2.24, 2.45) is 11.8 Å². The molecule has 0 N–H and O–H groups in total. The van der Waals surface area contributed by atoms with Crippen molar-refractivity contribution in [2.45, 2.75) is 24.8 Å². The monoisotopic (exact) mass is 357 g/mol. The van der Waals surface area contributed by atoms with Gasteiger partial charge >= 0.3 is 6.18 Å². The van der Waals surface area contributed by atoms with E-state index in [9.17, 15) is 22.8 Å². The van der Waals surface area contributed by atoms with Crippen LogP contribution in [-0.2, 0) is 20.5 Å². The minimum Gasteiger partial charge on any atom is -0.362 e. The van der Waals surface area contributed by atoms with Crippen LogP contribution in [-0.4, -0.2) is 23.5 Å². The first-order valence-corrected chi connectivity index (χ1v) is 7.63. The highest BCUT2D eigenvalue weighted by atomic mass is 35.5. The maximum absolute atomic E-state index is 13.0. The zero-order chi connectivity index (χ0) is 17.4. The number of nitrogens with zero attached hydrogens (tertiary/aromatic N) is 1. The average molecular weight is 358 g/mol. The van der Waals surface area contributed by atoms with Crippen molar-refractivity contribution < 1.29 is 27.5 Å². The van der Waals surface area contributed by atoms with Crippen molar-refractivity contribution in [2.75, 3.05) is 4.90 Å². The van der Waals surface area contributed by atoms with Crippen LogP contribution in [0.1, 0.15) is 12.5 Å². The molecule has 24 heavy (non-hydrogen) atoms. The standard InChI is InChI=1S/C16H11ClF3NO3/c1-15-5-4-10(24-15)11-12(15)14(23)21(13(11)22)7-2-3-9(17)8(6-7)16(18,19)20/h2-6,10-12H,1H3/t10-,11+,12+,15-/m0/s1. The Morgan fingerprint density at radius 1 is 1.25 bits per heavy atom. The van der Waals surface area contributed by atoms with E-state index in [0.29, 0.717) is 0 Å². The van der Waals surface area contributed by atoms with Gasteiger partial charge in [0.25, 0.3) is 0 Å². The molecule has 0 aliphatic carbocycles. The van der Waals surface area contributed by atoms with E-state index in [-0.39, 0.29) is 5.69 Å². The third-order valence-corrected chi connectivity index (χ3v) is 5.17. The zero-order valence-electron chi connectivity index (χ0n) is 12.3. The fraction of sp³-hybridized carbons (Fsp3) is 0.375. The number of fused-ring (bicyclic) bond motifs is 5. The number of benzene rings is 1. The quantitative estimate of drug-likeness (QED) is 0.573. The molecule has 0 aromatic heterocycles. The summed E-state index contributed by atoms with van der Waals surface area (Å²) in [4.78, 5) is 26.2. The third kappa shape index (κ3) is 1.91. The van der Waals surface area contributed by atoms with Gasteiger partial charge in [-0.15, -0.1) is 0 Å². The summed E-state index contributed by atoms with van der Waals surface area (Å²) in [5.41, 5.74) is -2.10. The molecule has 4 nitrogen and oxygen atoms in total. The Balaban J connectivity index is 1.77. The summed E-state index contributed by atoms with van der Waals surface area (Å²) in [6, 6.07) is 3.02. The van der Waals surface area contributed by atoms with E-state index >= 15 is 0 Å². The SMILES string of the molecule is C[C@@]12C=C[C@H](O1)[C@H]1C(=O)N(c3ccc(Cl)c(C(F)(F)F)c3)C(=O)[C@@H]12. The second-order valence-corrected chi connectivity index (χ2v) is 6.71. The predicted octanol–water partition coefficient (Wildman–Crippen LogP) is 3.19. The van der Waals surface area contributed by atoms with E-state index in [2.05, 4.69) is 0 Å². The van der Waals surface area contributed by atoms with Gasteiger partial charge < -0.3 is 4.74 Å². The summed E-state index contributed by atoms with van der Waals surface area (Å²) < 4.78 is 44.8. The Bertz CT molecular complexity index is 806. The fourth-order valence-corrected chi connectivity index (χ4v) is 4.00. The van der Waals surface area contributed by atoms with E-state index in [1.165, 1.54) is 6.07 Å². The molecule has 0 radical (unpaired) electrons. The van der Waals surface area contributed by atoms with Crippen LogP contribution in [0.4, 0.5) is 18.9 Å². The van der Waals surface area contributed by atoms with Gasteiger partial charge in [-0.2, -0.15) is 13.2 Å². The van der Waals surface area contributed by atoms with Crippen molar-refractivity contribution in [3.05, 3.63) is 40.9 Å². The highest BCUT2D eigenvalue weighted by Crippen LogP contribution is 2.52. The zero-order valence-corrected chi connectivity index (χ0v) is 13.1. The van der Waals surface area contributed by atoms with Crippen LogP contribution in [0.3, 0.4) is 0 Å². The van der Waals surface area contributed by atoms with Gasteiger partial charge in [-0.05, 0) is 25.1 Å². The summed E-state index contributed by atoms with van der Waals surface area (Å²) >= 11 is 5.60. The van der Waals surface area contributed by atoms with E-state index in [1.807, 2.05) is 0 Å². The second kappa shape index (κ2) is 4.61. The van der Waals surface area contributed by atoms with E-state index in [4.69, 9.17) is 16.3 Å². The van der Waals surface area contributed by atoms with Gasteiger partial charge in [0.05, 0.1) is 39.8 Å². The number of carbonyl (C=O) groups is 2. The van der Waals surface area contributed by atoms with Crippen molar-refractivity contribution in [1.82, 2.24) is 0 Å². The number of anilines is 1. The highest BCUT2D eigenvalue weighted by Gasteiger charge is 2.66. The molecular formula is C16H11ClF3NO3. The van der Waals surface area contributed by atoms with Crippen molar-refractivity contribution in [3.63, 3.8) is 0 Å². The lowest BCUT2D eigenvalue weighted by atomic mass is 9.78. The normalized spacial score (nSPS) is 34.4. The Hall–Kier alpha value is -1.86. The molecule has 0 unspecified atom stereocenters. The molecule has 8 heteroatoms. The fourth-order valence-electron chi connectivity index (χ4n) is 3.78. The van der Waals surface area contributed by atoms with Gasteiger partial charge in [0.1, 0.15) is 0 Å². The number of halogens is 4. The molecule has 3 heterocycles. The summed E-state index contributed by atoms with van der Waals surface area (Å²) in [5, 5.41) is -0.484. The molecular weight excluding hydrogens is 347 g/mol. The number of rotatable bonds is 1. The Kier molecular flexibility index (Phi) is 3.01. The van der Waals surface area contributed by atoms with Crippen LogP contribution in [0.15, 0.2) is 30.4 Å². The van der Waals surface area contributed by atoms with Crippen LogP contribution < -0.4 is 4.90 Å². The maximum Gasteiger partial charge on any atom is 0.417 e. The minimum atomic E-state index is -4.68. The first-order valence-electron chi connectivity index (χ1n) is 7.25. The van der Waals surface area contributed by atoms with Crippen molar-refractivity contribution in [3.8, 4) is 0 Å². The van der Waals surface area contributed by atoms with Crippen LogP contribution in [0.25, 0.3) is 0 Å². The topological polar surface area (TPSA) is 46.6 Å². The summed E-state index contributed by atoms with van der Waals surface area (Å²) in [6.07, 6.45) is -1.74. The molecule has 1 aromatic rings. The summed E-state index contributed by atoms with van der Waals surface area (Å²) in [6.45, 7) is 1.70. The molecule has 4 atom stereocenters. The van der Waals surface area contributed by atoms with Gasteiger partial charge in [-0.25, -0.2) is 4.90 Å². The lowest BCUT2D eigenvalue weighted by Gasteiger charge is -2.24. The number of amides is 2. The number of imide groups is 1. The molecule has 126 valence electrons. The van der Waals surface area contributed by atoms with Gasteiger partial charge in [0.2, 0.25) is 11.8 Å². The third-order valence-electron chi connectivity index (χ3n) is 4.84. The molecule has 3 aliphatic heterocycles. The Morgan fingerprint density at radius 2 is 1.96 bits per heavy atom.